The smallest absolute Gasteiger partial charge is 0.251 e. The number of hydrogen-bond donors (Lipinski definition) is 3. The highest BCUT2D eigenvalue weighted by Gasteiger charge is 2.15. The van der Waals surface area contributed by atoms with Crippen LogP contribution in [0.4, 0.5) is 0 Å². The zero-order valence-corrected chi connectivity index (χ0v) is 10.9. The summed E-state index contributed by atoms with van der Waals surface area (Å²) >= 11 is 0. The fourth-order valence-corrected chi connectivity index (χ4v) is 1.78. The maximum absolute atomic E-state index is 11.5. The van der Waals surface area contributed by atoms with Crippen molar-refractivity contribution in [1.29, 1.82) is 0 Å². The Bertz CT molecular complexity index is 415. The van der Waals surface area contributed by atoms with E-state index in [1.54, 1.807) is 7.05 Å². The Kier molecular flexibility index (Phi) is 4.66. The molecule has 0 aliphatic carbocycles. The molecule has 94 valence electrons. The van der Waals surface area contributed by atoms with Crippen molar-refractivity contribution in [3.8, 4) is 0 Å². The van der Waals surface area contributed by atoms with Crippen LogP contribution in [0.25, 0.3) is 0 Å². The van der Waals surface area contributed by atoms with Crippen LogP contribution in [0.2, 0.25) is 0 Å². The Hall–Kier alpha value is -1.39. The van der Waals surface area contributed by atoms with Crippen molar-refractivity contribution < 1.29 is 4.79 Å². The third-order valence-electron chi connectivity index (χ3n) is 3.19. The first-order chi connectivity index (χ1) is 7.97. The van der Waals surface area contributed by atoms with Gasteiger partial charge >= 0.3 is 0 Å². The van der Waals surface area contributed by atoms with Crippen LogP contribution in [0.1, 0.15) is 22.3 Å². The second-order valence-corrected chi connectivity index (χ2v) is 4.34. The van der Waals surface area contributed by atoms with Crippen LogP contribution in [0.3, 0.4) is 0 Å². The average molecular weight is 235 g/mol. The number of aryl methyl sites for hydroxylation is 1. The van der Waals surface area contributed by atoms with Crippen molar-refractivity contribution in [1.82, 2.24) is 10.9 Å². The summed E-state index contributed by atoms with van der Waals surface area (Å²) in [5.74, 6) is -0.190. The second kappa shape index (κ2) is 5.80. The number of benzene rings is 1. The molecule has 1 aromatic carbocycles. The number of nitrogens with one attached hydrogen (secondary N) is 2. The first-order valence-electron chi connectivity index (χ1n) is 5.75. The molecule has 0 radical (unpaired) electrons. The first-order valence-corrected chi connectivity index (χ1v) is 5.75. The summed E-state index contributed by atoms with van der Waals surface area (Å²) in [6, 6.07) is 3.59. The van der Waals surface area contributed by atoms with Crippen LogP contribution in [0.15, 0.2) is 12.1 Å². The van der Waals surface area contributed by atoms with Gasteiger partial charge in [-0.15, -0.1) is 0 Å². The molecule has 4 heteroatoms. The van der Waals surface area contributed by atoms with Crippen molar-refractivity contribution in [2.45, 2.75) is 33.2 Å². The SMILES string of the molecule is CNNC(=O)C(N)Cc1ccc(C)c(C)c1C. The van der Waals surface area contributed by atoms with Gasteiger partial charge in [0.15, 0.2) is 0 Å². The third kappa shape index (κ3) is 3.28. The number of nitrogens with two attached hydrogens (primary N) is 1. The third-order valence-corrected chi connectivity index (χ3v) is 3.19. The molecule has 4 nitrogen and oxygen atoms in total. The topological polar surface area (TPSA) is 67.1 Å². The predicted molar refractivity (Wildman–Crippen MR) is 69.5 cm³/mol. The molecule has 0 aromatic heterocycles. The average Bonchev–Trinajstić information content (AvgIpc) is 2.30. The summed E-state index contributed by atoms with van der Waals surface area (Å²) in [6.45, 7) is 6.24. The van der Waals surface area contributed by atoms with Crippen LogP contribution in [0, 0.1) is 20.8 Å². The van der Waals surface area contributed by atoms with E-state index in [0.717, 1.165) is 5.56 Å². The van der Waals surface area contributed by atoms with Gasteiger partial charge in [-0.2, -0.15) is 0 Å². The molecule has 1 aromatic rings. The van der Waals surface area contributed by atoms with E-state index in [-0.39, 0.29) is 5.91 Å². The number of carbonyl (C=O) groups excluding carboxylic acids is 1. The van der Waals surface area contributed by atoms with Crippen LogP contribution < -0.4 is 16.6 Å². The van der Waals surface area contributed by atoms with E-state index in [9.17, 15) is 4.79 Å². The molecule has 0 spiro atoms. The summed E-state index contributed by atoms with van der Waals surface area (Å²) < 4.78 is 0. The molecule has 1 rings (SSSR count). The highest BCUT2D eigenvalue weighted by atomic mass is 16.2. The minimum atomic E-state index is -0.525. The molecule has 1 unspecified atom stereocenters. The quantitative estimate of drug-likeness (QED) is 0.674. The second-order valence-electron chi connectivity index (χ2n) is 4.34. The molecular formula is C13H21N3O. The monoisotopic (exact) mass is 235 g/mol. The first kappa shape index (κ1) is 13.7. The van der Waals surface area contributed by atoms with Gasteiger partial charge in [-0.05, 0) is 49.4 Å². The molecule has 1 amide bonds. The summed E-state index contributed by atoms with van der Waals surface area (Å²) in [4.78, 5) is 11.5. The van der Waals surface area contributed by atoms with Gasteiger partial charge in [0, 0.05) is 7.05 Å². The van der Waals surface area contributed by atoms with Crippen molar-refractivity contribution in [2.24, 2.45) is 5.73 Å². The number of hydrogen-bond acceptors (Lipinski definition) is 3. The molecule has 0 aliphatic rings. The predicted octanol–water partition coefficient (Wildman–Crippen LogP) is 0.732. The van der Waals surface area contributed by atoms with Crippen molar-refractivity contribution in [3.63, 3.8) is 0 Å². The van der Waals surface area contributed by atoms with Gasteiger partial charge < -0.3 is 5.73 Å². The number of carbonyl (C=O) groups is 1. The van der Waals surface area contributed by atoms with Gasteiger partial charge in [-0.1, -0.05) is 12.1 Å². The van der Waals surface area contributed by atoms with Crippen LogP contribution in [-0.2, 0) is 11.2 Å². The number of rotatable bonds is 4. The molecule has 0 saturated carbocycles. The summed E-state index contributed by atoms with van der Waals surface area (Å²) in [5.41, 5.74) is 15.8. The molecule has 4 N–H and O–H groups in total. The molecule has 0 fully saturated rings. The Labute approximate surface area is 103 Å². The summed E-state index contributed by atoms with van der Waals surface area (Å²) in [6.07, 6.45) is 0.556. The standard InChI is InChI=1S/C13H21N3O/c1-8-5-6-11(10(3)9(8)2)7-12(14)13(17)16-15-4/h5-6,12,15H,7,14H2,1-4H3,(H,16,17). The van der Waals surface area contributed by atoms with Crippen molar-refractivity contribution >= 4 is 5.91 Å². The largest absolute Gasteiger partial charge is 0.320 e. The number of amides is 1. The highest BCUT2D eigenvalue weighted by molar-refractivity contribution is 5.81. The van der Waals surface area contributed by atoms with E-state index < -0.39 is 6.04 Å². The lowest BCUT2D eigenvalue weighted by molar-refractivity contribution is -0.123. The zero-order valence-electron chi connectivity index (χ0n) is 10.9. The number of hydrazine groups is 1. The molecule has 0 bridgehead atoms. The summed E-state index contributed by atoms with van der Waals surface area (Å²) in [7, 11) is 1.64. The van der Waals surface area contributed by atoms with E-state index in [1.807, 2.05) is 6.07 Å². The van der Waals surface area contributed by atoms with Gasteiger partial charge in [-0.3, -0.25) is 10.2 Å². The maximum Gasteiger partial charge on any atom is 0.251 e. The van der Waals surface area contributed by atoms with E-state index in [2.05, 4.69) is 37.7 Å². The highest BCUT2D eigenvalue weighted by Crippen LogP contribution is 2.18. The van der Waals surface area contributed by atoms with E-state index >= 15 is 0 Å². The lowest BCUT2D eigenvalue weighted by Gasteiger charge is -2.15. The lowest BCUT2D eigenvalue weighted by Crippen LogP contribution is -2.46. The van der Waals surface area contributed by atoms with E-state index in [1.165, 1.54) is 16.7 Å². The van der Waals surface area contributed by atoms with Gasteiger partial charge in [0.1, 0.15) is 0 Å². The minimum absolute atomic E-state index is 0.190. The van der Waals surface area contributed by atoms with E-state index in [0.29, 0.717) is 6.42 Å². The normalized spacial score (nSPS) is 12.3. The Morgan fingerprint density at radius 3 is 2.53 bits per heavy atom. The maximum atomic E-state index is 11.5. The fourth-order valence-electron chi connectivity index (χ4n) is 1.78. The van der Waals surface area contributed by atoms with Gasteiger partial charge in [0.25, 0.3) is 5.91 Å². The lowest BCUT2D eigenvalue weighted by atomic mass is 9.95. The Balaban J connectivity index is 2.82. The fraction of sp³-hybridized carbons (Fsp3) is 0.462. The molecular weight excluding hydrogens is 214 g/mol. The van der Waals surface area contributed by atoms with Crippen molar-refractivity contribution in [2.75, 3.05) is 7.05 Å². The molecule has 0 aliphatic heterocycles. The minimum Gasteiger partial charge on any atom is -0.320 e. The summed E-state index contributed by atoms with van der Waals surface area (Å²) in [5, 5.41) is 0. The Morgan fingerprint density at radius 1 is 1.29 bits per heavy atom. The molecule has 0 saturated heterocycles. The van der Waals surface area contributed by atoms with Crippen molar-refractivity contribution in [3.05, 3.63) is 34.4 Å². The van der Waals surface area contributed by atoms with E-state index in [4.69, 9.17) is 5.73 Å². The van der Waals surface area contributed by atoms with Crippen LogP contribution in [0.5, 0.6) is 0 Å². The van der Waals surface area contributed by atoms with Gasteiger partial charge in [0.2, 0.25) is 0 Å². The Morgan fingerprint density at radius 2 is 1.94 bits per heavy atom. The van der Waals surface area contributed by atoms with Gasteiger partial charge in [0.05, 0.1) is 6.04 Å². The molecule has 17 heavy (non-hydrogen) atoms. The molecule has 1 atom stereocenters. The van der Waals surface area contributed by atoms with Crippen LogP contribution >= 0.6 is 0 Å². The van der Waals surface area contributed by atoms with Gasteiger partial charge in [-0.25, -0.2) is 5.43 Å². The molecule has 0 heterocycles. The van der Waals surface area contributed by atoms with Crippen LogP contribution in [-0.4, -0.2) is 19.0 Å². The zero-order chi connectivity index (χ0) is 13.0.